The molecule has 0 amide bonds. The second kappa shape index (κ2) is 9.52. The molecule has 1 aromatic carbocycles. The van der Waals surface area contributed by atoms with E-state index in [4.69, 9.17) is 14.2 Å². The molecular weight excluding hydrogens is 368 g/mol. The minimum absolute atomic E-state index is 0.137. The Hall–Kier alpha value is -2.22. The van der Waals surface area contributed by atoms with Gasteiger partial charge in [-0.05, 0) is 31.9 Å². The number of ether oxygens (including phenoxy) is 3. The van der Waals surface area contributed by atoms with E-state index >= 15 is 0 Å². The molecule has 2 saturated heterocycles. The summed E-state index contributed by atoms with van der Waals surface area (Å²) in [5, 5.41) is 3.28. The molecule has 3 heterocycles. The Morgan fingerprint density at radius 2 is 2.10 bits per heavy atom. The minimum Gasteiger partial charge on any atom is -0.494 e. The maximum Gasteiger partial charge on any atom is 0.222 e. The molecule has 2 aliphatic rings. The van der Waals surface area contributed by atoms with Gasteiger partial charge in [-0.1, -0.05) is 18.2 Å². The summed E-state index contributed by atoms with van der Waals surface area (Å²) in [5.74, 6) is 1.61. The van der Waals surface area contributed by atoms with Crippen LogP contribution in [0.4, 0.5) is 5.95 Å². The van der Waals surface area contributed by atoms with E-state index in [9.17, 15) is 0 Å². The molecule has 156 valence electrons. The summed E-state index contributed by atoms with van der Waals surface area (Å²) in [6.45, 7) is 7.37. The van der Waals surface area contributed by atoms with E-state index in [-0.39, 0.29) is 11.7 Å². The lowest BCUT2D eigenvalue weighted by Crippen LogP contribution is -2.44. The van der Waals surface area contributed by atoms with Crippen molar-refractivity contribution in [1.82, 2.24) is 14.9 Å². The molecule has 2 aliphatic heterocycles. The first-order chi connectivity index (χ1) is 14.3. The Balaban J connectivity index is 1.37. The van der Waals surface area contributed by atoms with Crippen LogP contribution in [-0.4, -0.2) is 66.0 Å². The Bertz CT molecular complexity index is 776. The minimum atomic E-state index is -0.249. The number of nitrogens with zero attached hydrogens (tertiary/aromatic N) is 3. The Morgan fingerprint density at radius 3 is 2.97 bits per heavy atom. The van der Waals surface area contributed by atoms with Crippen molar-refractivity contribution in [2.45, 2.75) is 38.0 Å². The summed E-state index contributed by atoms with van der Waals surface area (Å²) in [5.41, 5.74) is 0.963. The van der Waals surface area contributed by atoms with Crippen molar-refractivity contribution in [2.75, 3.05) is 44.8 Å². The van der Waals surface area contributed by atoms with Gasteiger partial charge in [0.05, 0.1) is 25.9 Å². The van der Waals surface area contributed by atoms with Crippen LogP contribution in [0.1, 0.15) is 25.3 Å². The lowest BCUT2D eigenvalue weighted by atomic mass is 9.99. The molecule has 1 aromatic heterocycles. The number of hydrogen-bond acceptors (Lipinski definition) is 7. The Morgan fingerprint density at radius 1 is 1.24 bits per heavy atom. The largest absolute Gasteiger partial charge is 0.494 e. The van der Waals surface area contributed by atoms with E-state index in [1.165, 1.54) is 5.56 Å². The number of hydrogen-bond donors (Lipinski definition) is 1. The lowest BCUT2D eigenvalue weighted by molar-refractivity contribution is -0.0827. The monoisotopic (exact) mass is 398 g/mol. The topological polar surface area (TPSA) is 68.7 Å². The van der Waals surface area contributed by atoms with Crippen LogP contribution in [0.2, 0.25) is 0 Å². The molecule has 4 rings (SSSR count). The van der Waals surface area contributed by atoms with Gasteiger partial charge >= 0.3 is 0 Å². The molecule has 0 radical (unpaired) electrons. The zero-order valence-electron chi connectivity index (χ0n) is 17.0. The highest BCUT2D eigenvalue weighted by atomic mass is 16.6. The molecule has 0 unspecified atom stereocenters. The van der Waals surface area contributed by atoms with Gasteiger partial charge in [0.1, 0.15) is 11.4 Å². The highest BCUT2D eigenvalue weighted by Gasteiger charge is 2.43. The third kappa shape index (κ3) is 5.23. The smallest absolute Gasteiger partial charge is 0.222 e. The molecule has 2 atom stereocenters. The van der Waals surface area contributed by atoms with Crippen LogP contribution in [0.15, 0.2) is 42.7 Å². The molecule has 1 spiro atoms. The van der Waals surface area contributed by atoms with Crippen LogP contribution in [0.25, 0.3) is 0 Å². The van der Waals surface area contributed by atoms with Crippen molar-refractivity contribution in [3.8, 4) is 5.75 Å². The second-order valence-corrected chi connectivity index (χ2v) is 7.72. The molecule has 7 heteroatoms. The van der Waals surface area contributed by atoms with E-state index in [0.29, 0.717) is 25.7 Å². The first-order valence-corrected chi connectivity index (χ1v) is 10.5. The summed E-state index contributed by atoms with van der Waals surface area (Å²) < 4.78 is 18.3. The molecule has 2 fully saturated rings. The van der Waals surface area contributed by atoms with Crippen LogP contribution in [0.5, 0.6) is 5.75 Å². The van der Waals surface area contributed by atoms with Crippen molar-refractivity contribution in [2.24, 2.45) is 0 Å². The van der Waals surface area contributed by atoms with Crippen molar-refractivity contribution in [1.29, 1.82) is 0 Å². The van der Waals surface area contributed by atoms with Gasteiger partial charge in [-0.3, -0.25) is 4.90 Å². The first kappa shape index (κ1) is 20.1. The number of nitrogens with one attached hydrogen (secondary N) is 1. The molecule has 29 heavy (non-hydrogen) atoms. The molecule has 0 bridgehead atoms. The summed E-state index contributed by atoms with van der Waals surface area (Å²) in [4.78, 5) is 10.9. The highest BCUT2D eigenvalue weighted by Crippen LogP contribution is 2.34. The molecular formula is C22H30N4O3. The zero-order chi connectivity index (χ0) is 19.9. The lowest BCUT2D eigenvalue weighted by Gasteiger charge is -2.32. The normalized spacial score (nSPS) is 25.1. The maximum absolute atomic E-state index is 6.52. The standard InChI is InChI=1S/C22H30N4O3/c1-2-28-20-7-4-3-6-18(20)15-26-12-13-27-17-22(16-26)9-8-19(29-22)14-25-21-23-10-5-11-24-21/h3-7,10-11,19H,2,8-9,12-17H2,1H3,(H,23,24,25)/t19-,22+/m0/s1. The molecule has 1 N–H and O–H groups in total. The molecule has 0 saturated carbocycles. The predicted octanol–water partition coefficient (Wildman–Crippen LogP) is 2.74. The van der Waals surface area contributed by atoms with Gasteiger partial charge in [0, 0.05) is 44.1 Å². The fourth-order valence-electron chi connectivity index (χ4n) is 4.15. The third-order valence-corrected chi connectivity index (χ3v) is 5.49. The van der Waals surface area contributed by atoms with E-state index in [2.05, 4.69) is 32.3 Å². The van der Waals surface area contributed by atoms with E-state index in [0.717, 1.165) is 44.8 Å². The average molecular weight is 399 g/mol. The average Bonchev–Trinajstić information content (AvgIpc) is 3.03. The van der Waals surface area contributed by atoms with Crippen LogP contribution < -0.4 is 10.1 Å². The number of rotatable bonds is 7. The number of aromatic nitrogens is 2. The first-order valence-electron chi connectivity index (χ1n) is 10.5. The number of anilines is 1. The van der Waals surface area contributed by atoms with E-state index in [1.807, 2.05) is 25.1 Å². The summed E-state index contributed by atoms with van der Waals surface area (Å²) in [7, 11) is 0. The highest BCUT2D eigenvalue weighted by molar-refractivity contribution is 5.33. The van der Waals surface area contributed by atoms with Crippen LogP contribution in [0.3, 0.4) is 0 Å². The summed E-state index contributed by atoms with van der Waals surface area (Å²) >= 11 is 0. The maximum atomic E-state index is 6.52. The van der Waals surface area contributed by atoms with Gasteiger partial charge in [0.15, 0.2) is 0 Å². The van der Waals surface area contributed by atoms with Gasteiger partial charge in [0.2, 0.25) is 5.95 Å². The summed E-state index contributed by atoms with van der Waals surface area (Å²) in [6.07, 6.45) is 5.62. The van der Waals surface area contributed by atoms with Gasteiger partial charge in [-0.2, -0.15) is 0 Å². The number of para-hydroxylation sites is 1. The van der Waals surface area contributed by atoms with Gasteiger partial charge in [0.25, 0.3) is 0 Å². The van der Waals surface area contributed by atoms with Crippen molar-refractivity contribution < 1.29 is 14.2 Å². The van der Waals surface area contributed by atoms with Crippen LogP contribution in [0, 0.1) is 0 Å². The summed E-state index contributed by atoms with van der Waals surface area (Å²) in [6, 6.07) is 10.1. The van der Waals surface area contributed by atoms with E-state index < -0.39 is 0 Å². The SMILES string of the molecule is CCOc1ccccc1CN1CCOC[C@@]2(CC[C@@H](CNc3ncccn3)O2)C1. The fourth-order valence-corrected chi connectivity index (χ4v) is 4.15. The van der Waals surface area contributed by atoms with Gasteiger partial charge in [-0.25, -0.2) is 9.97 Å². The predicted molar refractivity (Wildman–Crippen MR) is 111 cm³/mol. The van der Waals surface area contributed by atoms with Crippen molar-refractivity contribution in [3.05, 3.63) is 48.3 Å². The quantitative estimate of drug-likeness (QED) is 0.769. The zero-order valence-corrected chi connectivity index (χ0v) is 17.0. The van der Waals surface area contributed by atoms with Gasteiger partial charge in [-0.15, -0.1) is 0 Å². The second-order valence-electron chi connectivity index (χ2n) is 7.72. The van der Waals surface area contributed by atoms with Gasteiger partial charge < -0.3 is 19.5 Å². The van der Waals surface area contributed by atoms with Crippen molar-refractivity contribution >= 4 is 5.95 Å². The van der Waals surface area contributed by atoms with Crippen LogP contribution in [-0.2, 0) is 16.0 Å². The Labute approximate surface area is 172 Å². The molecule has 2 aromatic rings. The Kier molecular flexibility index (Phi) is 6.59. The van der Waals surface area contributed by atoms with Crippen molar-refractivity contribution in [3.63, 3.8) is 0 Å². The van der Waals surface area contributed by atoms with Crippen LogP contribution >= 0.6 is 0 Å². The molecule has 0 aliphatic carbocycles. The van der Waals surface area contributed by atoms with E-state index in [1.54, 1.807) is 12.4 Å². The molecule has 7 nitrogen and oxygen atoms in total. The third-order valence-electron chi connectivity index (χ3n) is 5.49. The fraction of sp³-hybridized carbons (Fsp3) is 0.545. The number of benzene rings is 1.